The van der Waals surface area contributed by atoms with Crippen LogP contribution in [-0.2, 0) is 0 Å². The van der Waals surface area contributed by atoms with Gasteiger partial charge in [0.25, 0.3) is 0 Å². The van der Waals surface area contributed by atoms with E-state index in [1.165, 1.54) is 5.56 Å². The molecule has 2 N–H and O–H groups in total. The minimum absolute atomic E-state index is 0.199. The van der Waals surface area contributed by atoms with Gasteiger partial charge in [-0.3, -0.25) is 4.99 Å². The number of benzene rings is 1. The first kappa shape index (κ1) is 15.3. The van der Waals surface area contributed by atoms with Crippen molar-refractivity contribution in [1.82, 2.24) is 10.6 Å². The van der Waals surface area contributed by atoms with Crippen molar-refractivity contribution < 1.29 is 4.74 Å². The number of hydrogen-bond acceptors (Lipinski definition) is 2. The molecule has 0 saturated carbocycles. The predicted molar refractivity (Wildman–Crippen MR) is 80.7 cm³/mol. The largest absolute Gasteiger partial charge is 0.493 e. The van der Waals surface area contributed by atoms with Crippen LogP contribution in [0.5, 0.6) is 5.75 Å². The molecule has 106 valence electrons. The first-order valence-electron chi connectivity index (χ1n) is 6.70. The molecule has 0 aliphatic rings. The van der Waals surface area contributed by atoms with Gasteiger partial charge in [0.2, 0.25) is 0 Å². The molecule has 1 atom stereocenters. The van der Waals surface area contributed by atoms with E-state index in [1.807, 2.05) is 19.2 Å². The molecule has 0 amide bonds. The zero-order chi connectivity index (χ0) is 14.3. The highest BCUT2D eigenvalue weighted by Gasteiger charge is 2.07. The summed E-state index contributed by atoms with van der Waals surface area (Å²) in [7, 11) is 3.61. The second kappa shape index (κ2) is 7.67. The van der Waals surface area contributed by atoms with Crippen LogP contribution in [-0.4, -0.2) is 26.7 Å². The lowest BCUT2D eigenvalue weighted by Crippen LogP contribution is -2.36. The van der Waals surface area contributed by atoms with Crippen molar-refractivity contribution in [1.29, 1.82) is 0 Å². The fourth-order valence-corrected chi connectivity index (χ4v) is 1.65. The van der Waals surface area contributed by atoms with Gasteiger partial charge in [-0.15, -0.1) is 0 Å². The average Bonchev–Trinajstić information content (AvgIpc) is 2.42. The van der Waals surface area contributed by atoms with Crippen LogP contribution in [0.3, 0.4) is 0 Å². The van der Waals surface area contributed by atoms with Crippen LogP contribution in [0.4, 0.5) is 0 Å². The number of aliphatic imine (C=N–C) groups is 1. The van der Waals surface area contributed by atoms with Crippen LogP contribution < -0.4 is 15.4 Å². The van der Waals surface area contributed by atoms with E-state index in [4.69, 9.17) is 4.74 Å². The van der Waals surface area contributed by atoms with Crippen LogP contribution in [0, 0.1) is 5.92 Å². The van der Waals surface area contributed by atoms with Crippen LogP contribution in [0.15, 0.2) is 29.3 Å². The van der Waals surface area contributed by atoms with Crippen LogP contribution in [0.2, 0.25) is 0 Å². The Bertz CT molecular complexity index is 398. The van der Waals surface area contributed by atoms with Gasteiger partial charge in [0.15, 0.2) is 5.96 Å². The van der Waals surface area contributed by atoms with Crippen molar-refractivity contribution in [2.45, 2.75) is 26.8 Å². The minimum Gasteiger partial charge on any atom is -0.493 e. The summed E-state index contributed by atoms with van der Waals surface area (Å²) >= 11 is 0. The van der Waals surface area contributed by atoms with E-state index in [2.05, 4.69) is 48.5 Å². The summed E-state index contributed by atoms with van der Waals surface area (Å²) in [6, 6.07) is 8.38. The zero-order valence-electron chi connectivity index (χ0n) is 12.5. The maximum absolute atomic E-state index is 5.67. The smallest absolute Gasteiger partial charge is 0.191 e. The van der Waals surface area contributed by atoms with Gasteiger partial charge in [-0.05, 0) is 30.5 Å². The molecule has 0 aliphatic heterocycles. The summed E-state index contributed by atoms with van der Waals surface area (Å²) in [5.74, 6) is 2.24. The maximum atomic E-state index is 5.67. The van der Waals surface area contributed by atoms with Crippen molar-refractivity contribution in [3.05, 3.63) is 29.8 Å². The Hall–Kier alpha value is -1.71. The number of guanidine groups is 1. The van der Waals surface area contributed by atoms with E-state index in [9.17, 15) is 0 Å². The van der Waals surface area contributed by atoms with Crippen molar-refractivity contribution in [2.24, 2.45) is 10.9 Å². The fourth-order valence-electron chi connectivity index (χ4n) is 1.65. The van der Waals surface area contributed by atoms with Crippen LogP contribution >= 0.6 is 0 Å². The summed E-state index contributed by atoms with van der Waals surface area (Å²) in [6.07, 6.45) is 0. The lowest BCUT2D eigenvalue weighted by molar-refractivity contribution is 0.271. The summed E-state index contributed by atoms with van der Waals surface area (Å²) in [4.78, 5) is 4.11. The topological polar surface area (TPSA) is 45.7 Å². The molecule has 0 heterocycles. The van der Waals surface area contributed by atoms with Crippen LogP contribution in [0.25, 0.3) is 0 Å². The van der Waals surface area contributed by atoms with E-state index in [1.54, 1.807) is 7.05 Å². The normalized spacial score (nSPS) is 13.3. The quantitative estimate of drug-likeness (QED) is 0.634. The molecule has 0 saturated heterocycles. The third-order valence-corrected chi connectivity index (χ3v) is 2.78. The molecule has 1 unspecified atom stereocenters. The standard InChI is InChI=1S/C15H25N3O/c1-11(2)10-19-14-8-6-13(7-9-14)12(3)18-15(16-4)17-5/h6-9,11-12H,10H2,1-5H3,(H2,16,17,18). The first-order valence-corrected chi connectivity index (χ1v) is 6.70. The van der Waals surface area contributed by atoms with Gasteiger partial charge in [-0.2, -0.15) is 0 Å². The van der Waals surface area contributed by atoms with Gasteiger partial charge >= 0.3 is 0 Å². The third-order valence-electron chi connectivity index (χ3n) is 2.78. The molecule has 0 spiro atoms. The highest BCUT2D eigenvalue weighted by Crippen LogP contribution is 2.18. The molecule has 1 aromatic rings. The predicted octanol–water partition coefficient (Wildman–Crippen LogP) is 2.58. The van der Waals surface area contributed by atoms with E-state index >= 15 is 0 Å². The Morgan fingerprint density at radius 1 is 1.21 bits per heavy atom. The molecular formula is C15H25N3O. The van der Waals surface area contributed by atoms with Crippen molar-refractivity contribution in [3.63, 3.8) is 0 Å². The molecule has 4 heteroatoms. The SMILES string of the molecule is CN=C(NC)NC(C)c1ccc(OCC(C)C)cc1. The van der Waals surface area contributed by atoms with Gasteiger partial charge in [-0.25, -0.2) is 0 Å². The Balaban J connectivity index is 2.60. The highest BCUT2D eigenvalue weighted by molar-refractivity contribution is 5.79. The molecule has 19 heavy (non-hydrogen) atoms. The monoisotopic (exact) mass is 263 g/mol. The van der Waals surface area contributed by atoms with Gasteiger partial charge in [0.05, 0.1) is 12.6 Å². The van der Waals surface area contributed by atoms with Gasteiger partial charge in [0, 0.05) is 14.1 Å². The lowest BCUT2D eigenvalue weighted by Gasteiger charge is -2.17. The van der Waals surface area contributed by atoms with Gasteiger partial charge < -0.3 is 15.4 Å². The molecule has 0 fully saturated rings. The molecular weight excluding hydrogens is 238 g/mol. The van der Waals surface area contributed by atoms with E-state index in [0.29, 0.717) is 5.92 Å². The molecule has 0 aromatic heterocycles. The average molecular weight is 263 g/mol. The number of hydrogen-bond donors (Lipinski definition) is 2. The zero-order valence-corrected chi connectivity index (χ0v) is 12.5. The Morgan fingerprint density at radius 2 is 1.84 bits per heavy atom. The third kappa shape index (κ3) is 5.20. The van der Waals surface area contributed by atoms with Gasteiger partial charge in [-0.1, -0.05) is 26.0 Å². The molecule has 4 nitrogen and oxygen atoms in total. The molecule has 1 rings (SSSR count). The van der Waals surface area contributed by atoms with Crippen molar-refractivity contribution in [3.8, 4) is 5.75 Å². The Kier molecular flexibility index (Phi) is 6.19. The van der Waals surface area contributed by atoms with E-state index in [0.717, 1.165) is 18.3 Å². The number of nitrogens with one attached hydrogen (secondary N) is 2. The minimum atomic E-state index is 0.199. The van der Waals surface area contributed by atoms with E-state index < -0.39 is 0 Å². The number of rotatable bonds is 5. The summed E-state index contributed by atoms with van der Waals surface area (Å²) in [5, 5.41) is 6.31. The number of nitrogens with zero attached hydrogens (tertiary/aromatic N) is 1. The molecule has 0 radical (unpaired) electrons. The fraction of sp³-hybridized carbons (Fsp3) is 0.533. The Morgan fingerprint density at radius 3 is 2.32 bits per heavy atom. The maximum Gasteiger partial charge on any atom is 0.191 e. The van der Waals surface area contributed by atoms with Crippen molar-refractivity contribution >= 4 is 5.96 Å². The number of ether oxygens (including phenoxy) is 1. The molecule has 0 bridgehead atoms. The molecule has 0 aliphatic carbocycles. The first-order chi connectivity index (χ1) is 9.06. The molecule has 1 aromatic carbocycles. The second-order valence-electron chi connectivity index (χ2n) is 4.96. The second-order valence-corrected chi connectivity index (χ2v) is 4.96. The van der Waals surface area contributed by atoms with Gasteiger partial charge in [0.1, 0.15) is 5.75 Å². The van der Waals surface area contributed by atoms with E-state index in [-0.39, 0.29) is 6.04 Å². The summed E-state index contributed by atoms with van der Waals surface area (Å²) in [6.45, 7) is 7.14. The lowest BCUT2D eigenvalue weighted by atomic mass is 10.1. The summed E-state index contributed by atoms with van der Waals surface area (Å²) < 4.78 is 5.67. The summed E-state index contributed by atoms with van der Waals surface area (Å²) in [5.41, 5.74) is 1.20. The highest BCUT2D eigenvalue weighted by atomic mass is 16.5. The Labute approximate surface area is 116 Å². The van der Waals surface area contributed by atoms with Crippen LogP contribution in [0.1, 0.15) is 32.4 Å². The van der Waals surface area contributed by atoms with Crippen molar-refractivity contribution in [2.75, 3.05) is 20.7 Å².